The molecule has 0 aromatic heterocycles. The zero-order valence-corrected chi connectivity index (χ0v) is 6.49. The lowest BCUT2D eigenvalue weighted by Crippen LogP contribution is -2.45. The van der Waals surface area contributed by atoms with E-state index < -0.39 is 18.1 Å². The quantitative estimate of drug-likeness (QED) is 0.469. The molecule has 5 N–H and O–H groups in total. The van der Waals surface area contributed by atoms with E-state index in [1.165, 1.54) is 7.11 Å². The van der Waals surface area contributed by atoms with E-state index >= 15 is 0 Å². The van der Waals surface area contributed by atoms with Gasteiger partial charge in [0.2, 0.25) is 0 Å². The third-order valence-corrected chi connectivity index (χ3v) is 1.32. The molecule has 0 fully saturated rings. The molecule has 0 aromatic rings. The Bertz CT molecular complexity index is 129. The van der Waals surface area contributed by atoms with Crippen molar-refractivity contribution in [2.75, 3.05) is 13.7 Å². The molecule has 0 aliphatic heterocycles. The predicted octanol–water partition coefficient (Wildman–Crippen LogP) is -1.24. The molecule has 0 radical (unpaired) electrons. The minimum absolute atomic E-state index is 0.121. The van der Waals surface area contributed by atoms with Crippen LogP contribution in [0.4, 0.5) is 0 Å². The van der Waals surface area contributed by atoms with Crippen molar-refractivity contribution in [3.63, 3.8) is 0 Å². The van der Waals surface area contributed by atoms with Crippen molar-refractivity contribution in [3.05, 3.63) is 0 Å². The van der Waals surface area contributed by atoms with Crippen molar-refractivity contribution in [2.24, 2.45) is 11.5 Å². The molecule has 0 aromatic carbocycles. The van der Waals surface area contributed by atoms with Crippen LogP contribution >= 0.6 is 0 Å². The number of hydrogen-bond acceptors (Lipinski definition) is 4. The molecule has 2 atom stereocenters. The van der Waals surface area contributed by atoms with Gasteiger partial charge in [-0.1, -0.05) is 0 Å². The summed E-state index contributed by atoms with van der Waals surface area (Å²) in [6, 6.07) is -0.941. The summed E-state index contributed by atoms with van der Waals surface area (Å²) in [5.41, 5.74) is 10.9. The standard InChI is InChI=1S/C6H14N2O3/c1-11-3-5(8)4(7)2-6(9)10/h4-5H,2-3,7-8H2,1H3,(H,9,10)/t4-,5+/m0/s1. The molecule has 0 saturated carbocycles. The topological polar surface area (TPSA) is 98.6 Å². The van der Waals surface area contributed by atoms with Gasteiger partial charge in [-0.15, -0.1) is 0 Å². The molecule has 66 valence electrons. The van der Waals surface area contributed by atoms with E-state index in [2.05, 4.69) is 0 Å². The van der Waals surface area contributed by atoms with Crippen LogP contribution < -0.4 is 11.5 Å². The molecule has 0 rings (SSSR count). The zero-order valence-electron chi connectivity index (χ0n) is 6.49. The van der Waals surface area contributed by atoms with Gasteiger partial charge >= 0.3 is 5.97 Å². The Morgan fingerprint density at radius 1 is 1.55 bits per heavy atom. The van der Waals surface area contributed by atoms with Crippen LogP contribution in [0.1, 0.15) is 6.42 Å². The number of hydrogen-bond donors (Lipinski definition) is 3. The minimum Gasteiger partial charge on any atom is -0.481 e. The second-order valence-electron chi connectivity index (χ2n) is 2.38. The van der Waals surface area contributed by atoms with Crippen molar-refractivity contribution in [1.29, 1.82) is 0 Å². The Kier molecular flexibility index (Phi) is 4.76. The van der Waals surface area contributed by atoms with Crippen LogP contribution in [0.2, 0.25) is 0 Å². The average molecular weight is 162 g/mol. The van der Waals surface area contributed by atoms with Gasteiger partial charge in [-0.05, 0) is 0 Å². The van der Waals surface area contributed by atoms with E-state index in [0.29, 0.717) is 0 Å². The summed E-state index contributed by atoms with van der Waals surface area (Å²) in [6.45, 7) is 0.286. The van der Waals surface area contributed by atoms with E-state index in [9.17, 15) is 4.79 Å². The van der Waals surface area contributed by atoms with Gasteiger partial charge in [-0.25, -0.2) is 0 Å². The monoisotopic (exact) mass is 162 g/mol. The fraction of sp³-hybridized carbons (Fsp3) is 0.833. The van der Waals surface area contributed by atoms with Crippen molar-refractivity contribution in [3.8, 4) is 0 Å². The van der Waals surface area contributed by atoms with Crippen LogP contribution in [-0.2, 0) is 9.53 Å². The van der Waals surface area contributed by atoms with Crippen LogP contribution in [0.3, 0.4) is 0 Å². The van der Waals surface area contributed by atoms with E-state index in [-0.39, 0.29) is 13.0 Å². The summed E-state index contributed by atoms with van der Waals surface area (Å²) >= 11 is 0. The molecule has 11 heavy (non-hydrogen) atoms. The van der Waals surface area contributed by atoms with Crippen LogP contribution in [0.15, 0.2) is 0 Å². The first-order chi connectivity index (χ1) is 5.07. The Balaban J connectivity index is 3.63. The summed E-state index contributed by atoms with van der Waals surface area (Å²) in [5.74, 6) is -0.941. The van der Waals surface area contributed by atoms with E-state index in [1.54, 1.807) is 0 Å². The summed E-state index contributed by atoms with van der Waals surface area (Å²) in [4.78, 5) is 10.1. The van der Waals surface area contributed by atoms with Gasteiger partial charge in [0, 0.05) is 19.2 Å². The van der Waals surface area contributed by atoms with Crippen LogP contribution in [0.25, 0.3) is 0 Å². The minimum atomic E-state index is -0.941. The zero-order chi connectivity index (χ0) is 8.85. The third kappa shape index (κ3) is 4.72. The Labute approximate surface area is 65.3 Å². The fourth-order valence-electron chi connectivity index (χ4n) is 0.669. The number of carbonyl (C=O) groups is 1. The molecule has 0 heterocycles. The highest BCUT2D eigenvalue weighted by Gasteiger charge is 2.15. The van der Waals surface area contributed by atoms with Crippen molar-refractivity contribution < 1.29 is 14.6 Å². The van der Waals surface area contributed by atoms with Crippen molar-refractivity contribution in [2.45, 2.75) is 18.5 Å². The number of methoxy groups -OCH3 is 1. The lowest BCUT2D eigenvalue weighted by Gasteiger charge is -2.16. The normalized spacial score (nSPS) is 15.9. The molecule has 0 spiro atoms. The highest BCUT2D eigenvalue weighted by molar-refractivity contribution is 5.67. The molecular formula is C6H14N2O3. The van der Waals surface area contributed by atoms with Crippen LogP contribution in [-0.4, -0.2) is 36.9 Å². The van der Waals surface area contributed by atoms with Gasteiger partial charge in [0.15, 0.2) is 0 Å². The lowest BCUT2D eigenvalue weighted by atomic mass is 10.1. The average Bonchev–Trinajstić information content (AvgIpc) is 1.86. The summed E-state index contributed by atoms with van der Waals surface area (Å²) in [6.07, 6.45) is -0.121. The predicted molar refractivity (Wildman–Crippen MR) is 40.1 cm³/mol. The van der Waals surface area contributed by atoms with Gasteiger partial charge in [-0.2, -0.15) is 0 Å². The molecular weight excluding hydrogens is 148 g/mol. The van der Waals surface area contributed by atoms with Crippen molar-refractivity contribution in [1.82, 2.24) is 0 Å². The van der Waals surface area contributed by atoms with Gasteiger partial charge in [-0.3, -0.25) is 4.79 Å². The van der Waals surface area contributed by atoms with Crippen molar-refractivity contribution >= 4 is 5.97 Å². The van der Waals surface area contributed by atoms with Crippen LogP contribution in [0.5, 0.6) is 0 Å². The van der Waals surface area contributed by atoms with Gasteiger partial charge in [0.25, 0.3) is 0 Å². The molecule has 0 saturated heterocycles. The smallest absolute Gasteiger partial charge is 0.304 e. The maximum atomic E-state index is 10.1. The van der Waals surface area contributed by atoms with E-state index in [0.717, 1.165) is 0 Å². The number of rotatable bonds is 5. The Hall–Kier alpha value is -0.650. The van der Waals surface area contributed by atoms with Crippen LogP contribution in [0, 0.1) is 0 Å². The number of nitrogens with two attached hydrogens (primary N) is 2. The molecule has 0 unspecified atom stereocenters. The Morgan fingerprint density at radius 3 is 2.45 bits per heavy atom. The third-order valence-electron chi connectivity index (χ3n) is 1.32. The van der Waals surface area contributed by atoms with Gasteiger partial charge in [0.1, 0.15) is 0 Å². The molecule has 0 aliphatic carbocycles. The maximum Gasteiger partial charge on any atom is 0.304 e. The first kappa shape index (κ1) is 10.3. The highest BCUT2D eigenvalue weighted by atomic mass is 16.5. The molecule has 0 bridgehead atoms. The first-order valence-electron chi connectivity index (χ1n) is 3.29. The second-order valence-corrected chi connectivity index (χ2v) is 2.38. The summed E-state index contributed by atoms with van der Waals surface area (Å²) in [5, 5.41) is 8.32. The van der Waals surface area contributed by atoms with Gasteiger partial charge in [0.05, 0.1) is 13.0 Å². The van der Waals surface area contributed by atoms with E-state index in [1.807, 2.05) is 0 Å². The molecule has 5 heteroatoms. The molecule has 0 amide bonds. The highest BCUT2D eigenvalue weighted by Crippen LogP contribution is 1.93. The molecule has 0 aliphatic rings. The number of aliphatic carboxylic acids is 1. The Morgan fingerprint density at radius 2 is 2.09 bits per heavy atom. The second kappa shape index (κ2) is 5.06. The SMILES string of the molecule is COC[C@@H](N)[C@@H](N)CC(=O)O. The first-order valence-corrected chi connectivity index (χ1v) is 3.29. The summed E-state index contributed by atoms with van der Waals surface area (Å²) in [7, 11) is 1.49. The van der Waals surface area contributed by atoms with Gasteiger partial charge < -0.3 is 21.3 Å². The molecule has 5 nitrogen and oxygen atoms in total. The largest absolute Gasteiger partial charge is 0.481 e. The summed E-state index contributed by atoms with van der Waals surface area (Å²) < 4.78 is 4.71. The number of ether oxygens (including phenoxy) is 1. The maximum absolute atomic E-state index is 10.1. The lowest BCUT2D eigenvalue weighted by molar-refractivity contribution is -0.137. The number of carboxylic acid groups (broad SMARTS) is 1. The number of carboxylic acids is 1. The fourth-order valence-corrected chi connectivity index (χ4v) is 0.669. The van der Waals surface area contributed by atoms with E-state index in [4.69, 9.17) is 21.3 Å².